The number of rotatable bonds is 7. The van der Waals surface area contributed by atoms with Gasteiger partial charge in [0.1, 0.15) is 11.6 Å². The van der Waals surface area contributed by atoms with Gasteiger partial charge in [0, 0.05) is 5.69 Å². The molecule has 30 heavy (non-hydrogen) atoms. The summed E-state index contributed by atoms with van der Waals surface area (Å²) in [6, 6.07) is 17.1. The summed E-state index contributed by atoms with van der Waals surface area (Å²) in [5.41, 5.74) is 2.09. The molecule has 2 N–H and O–H groups in total. The van der Waals surface area contributed by atoms with Crippen LogP contribution in [0.1, 0.15) is 11.1 Å². The Bertz CT molecular complexity index is 1160. The van der Waals surface area contributed by atoms with Crippen LogP contribution >= 0.6 is 0 Å². The highest BCUT2D eigenvalue weighted by atomic mass is 32.2. The third kappa shape index (κ3) is 5.36. The van der Waals surface area contributed by atoms with E-state index in [-0.39, 0.29) is 17.2 Å². The number of para-hydroxylation sites is 1. The quantitative estimate of drug-likeness (QED) is 0.589. The summed E-state index contributed by atoms with van der Waals surface area (Å²) >= 11 is 0. The van der Waals surface area contributed by atoms with Crippen molar-refractivity contribution < 1.29 is 22.3 Å². The molecule has 0 aromatic heterocycles. The minimum absolute atomic E-state index is 0.0615. The fourth-order valence-electron chi connectivity index (χ4n) is 2.68. The second-order valence-corrected chi connectivity index (χ2v) is 8.40. The lowest BCUT2D eigenvalue weighted by Gasteiger charge is -2.12. The van der Waals surface area contributed by atoms with Gasteiger partial charge in [-0.1, -0.05) is 29.8 Å². The number of carbonyl (C=O) groups is 1. The zero-order valence-corrected chi connectivity index (χ0v) is 17.3. The highest BCUT2D eigenvalue weighted by Crippen LogP contribution is 2.24. The Balaban J connectivity index is 1.65. The van der Waals surface area contributed by atoms with Crippen LogP contribution in [0.4, 0.5) is 15.8 Å². The lowest BCUT2D eigenvalue weighted by molar-refractivity contribution is -0.118. The van der Waals surface area contributed by atoms with Gasteiger partial charge in [-0.05, 0) is 61.9 Å². The summed E-state index contributed by atoms with van der Waals surface area (Å²) in [6.07, 6.45) is 0. The number of hydrogen-bond donors (Lipinski definition) is 2. The number of nitrogens with one attached hydrogen (secondary N) is 2. The van der Waals surface area contributed by atoms with Gasteiger partial charge >= 0.3 is 0 Å². The Kier molecular flexibility index (Phi) is 6.37. The number of ether oxygens (including phenoxy) is 1. The first-order chi connectivity index (χ1) is 14.2. The number of sulfonamides is 1. The molecule has 0 aliphatic rings. The van der Waals surface area contributed by atoms with E-state index in [1.54, 1.807) is 25.1 Å². The van der Waals surface area contributed by atoms with Crippen molar-refractivity contribution in [1.82, 2.24) is 0 Å². The van der Waals surface area contributed by atoms with Crippen LogP contribution in [0.3, 0.4) is 0 Å². The number of carbonyl (C=O) groups excluding carboxylic acids is 1. The van der Waals surface area contributed by atoms with Crippen LogP contribution in [-0.4, -0.2) is 20.9 Å². The van der Waals surface area contributed by atoms with Gasteiger partial charge in [-0.2, -0.15) is 0 Å². The van der Waals surface area contributed by atoms with Gasteiger partial charge in [-0.3, -0.25) is 9.52 Å². The molecule has 1 amide bonds. The van der Waals surface area contributed by atoms with Crippen LogP contribution in [0.5, 0.6) is 5.75 Å². The molecule has 0 unspecified atom stereocenters. The molecule has 0 atom stereocenters. The van der Waals surface area contributed by atoms with E-state index in [1.165, 1.54) is 36.4 Å². The fourth-order valence-corrected chi connectivity index (χ4v) is 3.82. The molecule has 0 aliphatic heterocycles. The van der Waals surface area contributed by atoms with E-state index in [2.05, 4.69) is 10.0 Å². The Labute approximate surface area is 174 Å². The summed E-state index contributed by atoms with van der Waals surface area (Å²) in [7, 11) is -3.77. The summed E-state index contributed by atoms with van der Waals surface area (Å²) in [4.78, 5) is 12.1. The van der Waals surface area contributed by atoms with Crippen LogP contribution in [-0.2, 0) is 14.8 Å². The zero-order chi connectivity index (χ0) is 21.7. The second kappa shape index (κ2) is 8.96. The first-order valence-corrected chi connectivity index (χ1v) is 10.6. The number of anilines is 2. The highest BCUT2D eigenvalue weighted by Gasteiger charge is 2.16. The first kappa shape index (κ1) is 21.3. The minimum Gasteiger partial charge on any atom is -0.483 e. The summed E-state index contributed by atoms with van der Waals surface area (Å²) in [5, 5.41) is 2.42. The van der Waals surface area contributed by atoms with Crippen LogP contribution in [0.2, 0.25) is 0 Å². The number of amides is 1. The van der Waals surface area contributed by atoms with Crippen molar-refractivity contribution in [2.24, 2.45) is 0 Å². The van der Waals surface area contributed by atoms with Gasteiger partial charge in [0.25, 0.3) is 15.9 Å². The Morgan fingerprint density at radius 3 is 2.37 bits per heavy atom. The van der Waals surface area contributed by atoms with Crippen molar-refractivity contribution in [3.63, 3.8) is 0 Å². The lowest BCUT2D eigenvalue weighted by atomic mass is 10.2. The first-order valence-electron chi connectivity index (χ1n) is 9.12. The van der Waals surface area contributed by atoms with Gasteiger partial charge in [0.05, 0.1) is 10.6 Å². The Morgan fingerprint density at radius 2 is 1.70 bits per heavy atom. The number of halogens is 1. The molecule has 0 fully saturated rings. The molecule has 0 saturated heterocycles. The van der Waals surface area contributed by atoms with E-state index in [0.717, 1.165) is 5.56 Å². The van der Waals surface area contributed by atoms with Crippen molar-refractivity contribution in [3.8, 4) is 5.75 Å². The van der Waals surface area contributed by atoms with E-state index in [0.29, 0.717) is 17.0 Å². The van der Waals surface area contributed by atoms with Crippen molar-refractivity contribution in [1.29, 1.82) is 0 Å². The predicted octanol–water partition coefficient (Wildman–Crippen LogP) is 4.26. The predicted molar refractivity (Wildman–Crippen MR) is 114 cm³/mol. The number of benzene rings is 3. The van der Waals surface area contributed by atoms with E-state index >= 15 is 0 Å². The molecule has 3 rings (SSSR count). The van der Waals surface area contributed by atoms with E-state index < -0.39 is 21.7 Å². The van der Waals surface area contributed by atoms with Crippen LogP contribution in [0.15, 0.2) is 71.6 Å². The molecule has 6 nitrogen and oxygen atoms in total. The van der Waals surface area contributed by atoms with Crippen LogP contribution in [0.25, 0.3) is 0 Å². The maximum atomic E-state index is 13.6. The maximum Gasteiger partial charge on any atom is 0.262 e. The van der Waals surface area contributed by atoms with Gasteiger partial charge in [0.15, 0.2) is 6.61 Å². The second-order valence-electron chi connectivity index (χ2n) is 6.72. The summed E-state index contributed by atoms with van der Waals surface area (Å²) in [5.74, 6) is -0.720. The van der Waals surface area contributed by atoms with Crippen molar-refractivity contribution in [3.05, 3.63) is 83.7 Å². The molecule has 156 valence electrons. The molecule has 0 spiro atoms. The topological polar surface area (TPSA) is 84.5 Å². The smallest absolute Gasteiger partial charge is 0.262 e. The fraction of sp³-hybridized carbons (Fsp3) is 0.136. The van der Waals surface area contributed by atoms with E-state index in [4.69, 9.17) is 4.74 Å². The lowest BCUT2D eigenvalue weighted by Crippen LogP contribution is -2.21. The van der Waals surface area contributed by atoms with E-state index in [9.17, 15) is 17.6 Å². The molecule has 3 aromatic rings. The van der Waals surface area contributed by atoms with Gasteiger partial charge in [-0.25, -0.2) is 12.8 Å². The van der Waals surface area contributed by atoms with Crippen molar-refractivity contribution in [2.45, 2.75) is 18.7 Å². The number of hydrogen-bond acceptors (Lipinski definition) is 4. The van der Waals surface area contributed by atoms with Crippen LogP contribution in [0, 0.1) is 19.7 Å². The van der Waals surface area contributed by atoms with Gasteiger partial charge in [0.2, 0.25) is 0 Å². The monoisotopic (exact) mass is 428 g/mol. The molecule has 0 bridgehead atoms. The maximum absolute atomic E-state index is 13.6. The SMILES string of the molecule is Cc1ccc(NS(=O)(=O)c2ccc(OCC(=O)Nc3ccccc3F)c(C)c2)cc1. The van der Waals surface area contributed by atoms with E-state index in [1.807, 2.05) is 19.1 Å². The Hall–Kier alpha value is -3.39. The molecule has 8 heteroatoms. The minimum atomic E-state index is -3.77. The van der Waals surface area contributed by atoms with Crippen molar-refractivity contribution >= 4 is 27.3 Å². The zero-order valence-electron chi connectivity index (χ0n) is 16.5. The highest BCUT2D eigenvalue weighted by molar-refractivity contribution is 7.92. The normalized spacial score (nSPS) is 11.0. The standard InChI is InChI=1S/C22H21FN2O4S/c1-15-7-9-17(10-8-15)25-30(27,28)18-11-12-21(16(2)13-18)29-14-22(26)24-20-6-4-3-5-19(20)23/h3-13,25H,14H2,1-2H3,(H,24,26). The molecule has 0 saturated carbocycles. The largest absolute Gasteiger partial charge is 0.483 e. The summed E-state index contributed by atoms with van der Waals surface area (Å²) < 4.78 is 46.8. The molecule has 0 radical (unpaired) electrons. The average molecular weight is 428 g/mol. The third-order valence-electron chi connectivity index (χ3n) is 4.27. The molecular weight excluding hydrogens is 407 g/mol. The average Bonchev–Trinajstić information content (AvgIpc) is 2.70. The van der Waals surface area contributed by atoms with Gasteiger partial charge in [-0.15, -0.1) is 0 Å². The molecule has 3 aromatic carbocycles. The third-order valence-corrected chi connectivity index (χ3v) is 5.65. The summed E-state index contributed by atoms with van der Waals surface area (Å²) in [6.45, 7) is 3.24. The van der Waals surface area contributed by atoms with Gasteiger partial charge < -0.3 is 10.1 Å². The number of aryl methyl sites for hydroxylation is 2. The van der Waals surface area contributed by atoms with Crippen LogP contribution < -0.4 is 14.8 Å². The molecule has 0 heterocycles. The molecule has 0 aliphatic carbocycles. The Morgan fingerprint density at radius 1 is 1.00 bits per heavy atom. The van der Waals surface area contributed by atoms with Crippen molar-refractivity contribution in [2.75, 3.05) is 16.6 Å². The molecular formula is C22H21FN2O4S.